The molecule has 80 valence electrons. The maximum atomic E-state index is 10.9. The highest BCUT2D eigenvalue weighted by atomic mass is 16.4. The lowest BCUT2D eigenvalue weighted by Gasteiger charge is -1.99. The van der Waals surface area contributed by atoms with Gasteiger partial charge in [-0.2, -0.15) is 5.26 Å². The van der Waals surface area contributed by atoms with Crippen LogP contribution in [-0.4, -0.2) is 10.5 Å². The monoisotopic (exact) mass is 215 g/mol. The van der Waals surface area contributed by atoms with Crippen LogP contribution in [0.1, 0.15) is 21.7 Å². The Morgan fingerprint density at radius 2 is 2.12 bits per heavy atom. The zero-order chi connectivity index (χ0) is 11.7. The first-order valence-corrected chi connectivity index (χ1v) is 4.53. The van der Waals surface area contributed by atoms with Crippen molar-refractivity contribution in [3.05, 3.63) is 41.4 Å². The second-order valence-electron chi connectivity index (χ2n) is 3.20. The molecule has 0 bridgehead atoms. The summed E-state index contributed by atoms with van der Waals surface area (Å²) in [7, 11) is 0. The molecule has 5 heteroatoms. The highest BCUT2D eigenvalue weighted by Gasteiger charge is 2.19. The summed E-state index contributed by atoms with van der Waals surface area (Å²) in [6, 6.07) is 5.31. The Morgan fingerprint density at radius 1 is 1.50 bits per heavy atom. The Hall–Kier alpha value is -2.48. The van der Waals surface area contributed by atoms with Gasteiger partial charge < -0.3 is 14.3 Å². The zero-order valence-corrected chi connectivity index (χ0v) is 8.43. The normalized spacial score (nSPS) is 10.0. The minimum Gasteiger partial charge on any atom is -0.545 e. The molecule has 0 aliphatic carbocycles. The molecule has 2 rings (SSSR count). The highest BCUT2D eigenvalue weighted by Crippen LogP contribution is 2.24. The largest absolute Gasteiger partial charge is 0.545 e. The summed E-state index contributed by atoms with van der Waals surface area (Å²) < 4.78 is 6.80. The summed E-state index contributed by atoms with van der Waals surface area (Å²) >= 11 is 0. The summed E-state index contributed by atoms with van der Waals surface area (Å²) in [5, 5.41) is 19.8. The smallest absolute Gasteiger partial charge is 0.222 e. The second kappa shape index (κ2) is 3.59. The van der Waals surface area contributed by atoms with Crippen molar-refractivity contribution in [2.45, 2.75) is 6.92 Å². The Morgan fingerprint density at radius 3 is 2.62 bits per heavy atom. The molecule has 0 N–H and O–H groups in total. The number of carbonyl (C=O) groups excluding carboxylic acids is 1. The van der Waals surface area contributed by atoms with E-state index in [9.17, 15) is 9.90 Å². The van der Waals surface area contributed by atoms with Crippen LogP contribution < -0.4 is 5.11 Å². The third kappa shape index (κ3) is 1.37. The van der Waals surface area contributed by atoms with Crippen LogP contribution in [0, 0.1) is 18.3 Å². The van der Waals surface area contributed by atoms with Crippen LogP contribution in [0.25, 0.3) is 5.88 Å². The van der Waals surface area contributed by atoms with Crippen molar-refractivity contribution >= 4 is 5.97 Å². The minimum atomic E-state index is -1.41. The number of aromatic carboxylic acids is 1. The van der Waals surface area contributed by atoms with Gasteiger partial charge in [0.15, 0.2) is 0 Å². The molecule has 2 heterocycles. The lowest BCUT2D eigenvalue weighted by atomic mass is 10.1. The third-order valence-corrected chi connectivity index (χ3v) is 2.22. The van der Waals surface area contributed by atoms with Crippen molar-refractivity contribution in [3.63, 3.8) is 0 Å². The van der Waals surface area contributed by atoms with E-state index >= 15 is 0 Å². The van der Waals surface area contributed by atoms with Gasteiger partial charge in [0.1, 0.15) is 17.4 Å². The molecule has 0 radical (unpaired) electrons. The number of hydrogen-bond donors (Lipinski definition) is 0. The molecule has 2 aromatic heterocycles. The number of aryl methyl sites for hydroxylation is 1. The first-order valence-electron chi connectivity index (χ1n) is 4.53. The summed E-state index contributed by atoms with van der Waals surface area (Å²) in [6.07, 6.45) is 3.33. The van der Waals surface area contributed by atoms with Crippen LogP contribution in [0.3, 0.4) is 0 Å². The van der Waals surface area contributed by atoms with E-state index in [4.69, 9.17) is 9.68 Å². The van der Waals surface area contributed by atoms with Crippen molar-refractivity contribution in [3.8, 4) is 12.0 Å². The van der Waals surface area contributed by atoms with Crippen molar-refractivity contribution in [2.24, 2.45) is 0 Å². The van der Waals surface area contributed by atoms with Gasteiger partial charge in [-0.05, 0) is 19.1 Å². The van der Waals surface area contributed by atoms with Crippen molar-refractivity contribution in [1.82, 2.24) is 4.57 Å². The molecule has 0 fully saturated rings. The number of carboxylic acids is 1. The first-order chi connectivity index (χ1) is 7.65. The van der Waals surface area contributed by atoms with Crippen LogP contribution in [-0.2, 0) is 0 Å². The lowest BCUT2D eigenvalue weighted by Crippen LogP contribution is -2.23. The Bertz CT molecular complexity index is 573. The second-order valence-corrected chi connectivity index (χ2v) is 3.20. The van der Waals surface area contributed by atoms with E-state index in [1.165, 1.54) is 11.5 Å². The number of aromatic nitrogens is 1. The van der Waals surface area contributed by atoms with E-state index in [1.807, 2.05) is 6.07 Å². The van der Waals surface area contributed by atoms with E-state index in [2.05, 4.69) is 0 Å². The van der Waals surface area contributed by atoms with E-state index in [0.717, 1.165) is 0 Å². The number of hydrogen-bond acceptors (Lipinski definition) is 4. The Kier molecular flexibility index (Phi) is 2.25. The zero-order valence-electron chi connectivity index (χ0n) is 8.43. The molecular formula is C11H7N2O3-. The van der Waals surface area contributed by atoms with Gasteiger partial charge in [-0.25, -0.2) is 0 Å². The molecule has 16 heavy (non-hydrogen) atoms. The highest BCUT2D eigenvalue weighted by molar-refractivity contribution is 5.91. The number of carbonyl (C=O) groups is 1. The van der Waals surface area contributed by atoms with Gasteiger partial charge in [-0.1, -0.05) is 0 Å². The van der Waals surface area contributed by atoms with Gasteiger partial charge in [-0.15, -0.1) is 0 Å². The average Bonchev–Trinajstić information content (AvgIpc) is 2.82. The number of rotatable bonds is 2. The Labute approximate surface area is 91.1 Å². The lowest BCUT2D eigenvalue weighted by molar-refractivity contribution is -0.255. The van der Waals surface area contributed by atoms with E-state index in [-0.39, 0.29) is 22.8 Å². The van der Waals surface area contributed by atoms with Gasteiger partial charge in [0.25, 0.3) is 0 Å². The number of nitrogens with zero attached hydrogens (tertiary/aromatic N) is 2. The van der Waals surface area contributed by atoms with Crippen molar-refractivity contribution in [1.29, 1.82) is 5.26 Å². The summed E-state index contributed by atoms with van der Waals surface area (Å²) in [5.41, 5.74) is -0.208. The molecule has 0 amide bonds. The van der Waals surface area contributed by atoms with Gasteiger partial charge in [0.2, 0.25) is 5.88 Å². The molecule has 2 aromatic rings. The van der Waals surface area contributed by atoms with Crippen molar-refractivity contribution < 1.29 is 14.3 Å². The van der Waals surface area contributed by atoms with Crippen LogP contribution in [0.5, 0.6) is 0 Å². The standard InChI is InChI=1S/C11H8N2O3/c1-7-9(11(14)15)8(6-12)10(16-7)13-4-2-3-5-13/h2-5H,1H3,(H,14,15)/p-1. The SMILES string of the molecule is Cc1oc(-n2cccc2)c(C#N)c1C(=O)[O-]. The fourth-order valence-electron chi connectivity index (χ4n) is 1.53. The summed E-state index contributed by atoms with van der Waals surface area (Å²) in [4.78, 5) is 10.9. The van der Waals surface area contributed by atoms with Gasteiger partial charge in [0, 0.05) is 12.4 Å². The van der Waals surface area contributed by atoms with E-state index < -0.39 is 5.97 Å². The molecule has 0 aromatic carbocycles. The summed E-state index contributed by atoms with van der Waals surface area (Å²) in [5.74, 6) is -1.04. The minimum absolute atomic E-state index is 0.0197. The summed E-state index contributed by atoms with van der Waals surface area (Å²) in [6.45, 7) is 1.49. The molecule has 0 spiro atoms. The molecule has 0 saturated carbocycles. The van der Waals surface area contributed by atoms with Crippen molar-refractivity contribution in [2.75, 3.05) is 0 Å². The number of carboxylic acid groups (broad SMARTS) is 1. The predicted octanol–water partition coefficient (Wildman–Crippen LogP) is 0.614. The van der Waals surface area contributed by atoms with Crippen LogP contribution in [0.4, 0.5) is 0 Å². The van der Waals surface area contributed by atoms with Crippen LogP contribution >= 0.6 is 0 Å². The maximum Gasteiger partial charge on any atom is 0.222 e. The molecular weight excluding hydrogens is 208 g/mol. The first kappa shape index (κ1) is 10.1. The van der Waals surface area contributed by atoms with E-state index in [1.54, 1.807) is 24.5 Å². The maximum absolute atomic E-state index is 10.9. The quantitative estimate of drug-likeness (QED) is 0.735. The molecule has 5 nitrogen and oxygen atoms in total. The van der Waals surface area contributed by atoms with Gasteiger partial charge >= 0.3 is 0 Å². The fraction of sp³-hybridized carbons (Fsp3) is 0.0909. The molecule has 0 aliphatic rings. The van der Waals surface area contributed by atoms with Crippen LogP contribution in [0.2, 0.25) is 0 Å². The number of nitriles is 1. The topological polar surface area (TPSA) is 82.0 Å². The Balaban J connectivity index is 2.70. The fourth-order valence-corrected chi connectivity index (χ4v) is 1.53. The molecule has 0 atom stereocenters. The average molecular weight is 215 g/mol. The third-order valence-electron chi connectivity index (χ3n) is 2.22. The van der Waals surface area contributed by atoms with Crippen LogP contribution in [0.15, 0.2) is 28.9 Å². The molecule has 0 unspecified atom stereocenters. The van der Waals surface area contributed by atoms with Gasteiger partial charge in [0.05, 0.1) is 11.5 Å². The molecule has 0 saturated heterocycles. The van der Waals surface area contributed by atoms with E-state index in [0.29, 0.717) is 0 Å². The number of furan rings is 1. The predicted molar refractivity (Wildman–Crippen MR) is 51.8 cm³/mol. The van der Waals surface area contributed by atoms with Gasteiger partial charge in [-0.3, -0.25) is 4.57 Å². The molecule has 0 aliphatic heterocycles.